The van der Waals surface area contributed by atoms with Crippen molar-refractivity contribution >= 4 is 21.9 Å². The van der Waals surface area contributed by atoms with E-state index in [1.807, 2.05) is 13.8 Å². The van der Waals surface area contributed by atoms with Crippen LogP contribution in [0, 0.1) is 5.92 Å². The van der Waals surface area contributed by atoms with Crippen LogP contribution in [0.4, 0.5) is 0 Å². The maximum atomic E-state index is 11.8. The highest BCUT2D eigenvalue weighted by Crippen LogP contribution is 2.30. The molecule has 0 aromatic carbocycles. The minimum atomic E-state index is -1.68. The molecule has 9 nitrogen and oxygen atoms in total. The summed E-state index contributed by atoms with van der Waals surface area (Å²) in [6, 6.07) is 0. The lowest BCUT2D eigenvalue weighted by Gasteiger charge is -2.20. The molecule has 1 aromatic heterocycles. The van der Waals surface area contributed by atoms with Gasteiger partial charge in [0.1, 0.15) is 12.3 Å². The molecule has 0 amide bonds. The van der Waals surface area contributed by atoms with Crippen molar-refractivity contribution in [1.82, 2.24) is 9.55 Å². The molecule has 1 aliphatic rings. The predicted molar refractivity (Wildman–Crippen MR) is 85.4 cm³/mol. The van der Waals surface area contributed by atoms with E-state index in [1.165, 1.54) is 6.20 Å². The largest absolute Gasteiger partial charge is 0.463 e. The second-order valence-electron chi connectivity index (χ2n) is 5.97. The Morgan fingerprint density at radius 1 is 1.54 bits per heavy atom. The Bertz CT molecular complexity index is 714. The molecule has 0 bridgehead atoms. The van der Waals surface area contributed by atoms with Crippen LogP contribution in [-0.4, -0.2) is 50.7 Å². The number of esters is 1. The van der Waals surface area contributed by atoms with E-state index in [0.717, 1.165) is 4.57 Å². The van der Waals surface area contributed by atoms with Crippen molar-refractivity contribution in [3.63, 3.8) is 0 Å². The Morgan fingerprint density at radius 3 is 2.83 bits per heavy atom. The lowest BCUT2D eigenvalue weighted by atomic mass is 10.1. The van der Waals surface area contributed by atoms with Crippen LogP contribution in [0.25, 0.3) is 0 Å². The van der Waals surface area contributed by atoms with Crippen LogP contribution in [0.1, 0.15) is 26.5 Å². The summed E-state index contributed by atoms with van der Waals surface area (Å²) >= 11 is 3.00. The summed E-state index contributed by atoms with van der Waals surface area (Å²) in [6.45, 7) is 3.82. The van der Waals surface area contributed by atoms with Gasteiger partial charge in [0.2, 0.25) is 0 Å². The number of halogens is 1. The lowest BCUT2D eigenvalue weighted by molar-refractivity contribution is -0.167. The van der Waals surface area contributed by atoms with Gasteiger partial charge in [0.25, 0.3) is 5.56 Å². The number of carbonyl (C=O) groups excluding carboxylic acids is 1. The van der Waals surface area contributed by atoms with E-state index in [9.17, 15) is 24.6 Å². The van der Waals surface area contributed by atoms with Gasteiger partial charge in [0, 0.05) is 12.6 Å². The lowest BCUT2D eigenvalue weighted by Crippen LogP contribution is -2.41. The standard InChI is InChI=1S/C14H19BrN2O7/c1-6(2)5-23-13(21)10(19)11-8(18)3-9(24-11)17-4-7(15)12(20)16-14(17)22/h4,6,8-11,18-19H,3,5H2,1-2H3,(H,16,20,22)/t8-,9+,10?,11+/m0/s1. The first-order valence-electron chi connectivity index (χ1n) is 7.40. The number of nitrogens with zero attached hydrogens (tertiary/aromatic N) is 1. The molecule has 1 aromatic rings. The number of aromatic nitrogens is 2. The number of rotatable bonds is 5. The summed E-state index contributed by atoms with van der Waals surface area (Å²) in [5.41, 5.74) is -1.32. The first kappa shape index (κ1) is 18.8. The minimum Gasteiger partial charge on any atom is -0.463 e. The maximum Gasteiger partial charge on any atom is 0.337 e. The zero-order valence-corrected chi connectivity index (χ0v) is 14.7. The molecule has 0 saturated carbocycles. The van der Waals surface area contributed by atoms with Crippen molar-refractivity contribution in [2.24, 2.45) is 5.92 Å². The first-order valence-corrected chi connectivity index (χ1v) is 8.19. The van der Waals surface area contributed by atoms with Gasteiger partial charge in [-0.05, 0) is 21.8 Å². The molecule has 1 fully saturated rings. The highest BCUT2D eigenvalue weighted by atomic mass is 79.9. The van der Waals surface area contributed by atoms with Crippen LogP contribution >= 0.6 is 15.9 Å². The van der Waals surface area contributed by atoms with Gasteiger partial charge in [-0.1, -0.05) is 13.8 Å². The van der Waals surface area contributed by atoms with Crippen LogP contribution in [-0.2, 0) is 14.3 Å². The first-order chi connectivity index (χ1) is 11.2. The topological polar surface area (TPSA) is 131 Å². The number of aliphatic hydroxyl groups is 2. The van der Waals surface area contributed by atoms with Gasteiger partial charge < -0.3 is 19.7 Å². The second-order valence-corrected chi connectivity index (χ2v) is 6.83. The van der Waals surface area contributed by atoms with Crippen LogP contribution in [0.2, 0.25) is 0 Å². The number of nitrogens with one attached hydrogen (secondary N) is 1. The molecule has 0 spiro atoms. The van der Waals surface area contributed by atoms with Gasteiger partial charge in [-0.15, -0.1) is 0 Å². The Labute approximate surface area is 145 Å². The third-order valence-electron chi connectivity index (χ3n) is 3.48. The fourth-order valence-electron chi connectivity index (χ4n) is 2.28. The zero-order chi connectivity index (χ0) is 18.0. The van der Waals surface area contributed by atoms with E-state index in [-0.39, 0.29) is 23.4 Å². The Kier molecular flexibility index (Phi) is 5.97. The van der Waals surface area contributed by atoms with Gasteiger partial charge in [-0.3, -0.25) is 14.3 Å². The molecule has 0 radical (unpaired) electrons. The molecule has 2 rings (SSSR count). The minimum absolute atomic E-state index is 0.0302. The van der Waals surface area contributed by atoms with E-state index in [4.69, 9.17) is 9.47 Å². The third kappa shape index (κ3) is 4.12. The van der Waals surface area contributed by atoms with Gasteiger partial charge in [-0.2, -0.15) is 0 Å². The summed E-state index contributed by atoms with van der Waals surface area (Å²) in [5.74, 6) is -0.802. The van der Waals surface area contributed by atoms with Crippen molar-refractivity contribution in [3.05, 3.63) is 31.5 Å². The Hall–Kier alpha value is -1.49. The molecule has 0 aliphatic carbocycles. The van der Waals surface area contributed by atoms with Gasteiger partial charge >= 0.3 is 11.7 Å². The van der Waals surface area contributed by atoms with Crippen molar-refractivity contribution in [1.29, 1.82) is 0 Å². The van der Waals surface area contributed by atoms with Crippen molar-refractivity contribution in [2.75, 3.05) is 6.61 Å². The zero-order valence-electron chi connectivity index (χ0n) is 13.1. The van der Waals surface area contributed by atoms with Crippen molar-refractivity contribution in [3.8, 4) is 0 Å². The fourth-order valence-corrected chi connectivity index (χ4v) is 2.59. The molecule has 10 heteroatoms. The highest BCUT2D eigenvalue weighted by Gasteiger charge is 2.43. The van der Waals surface area contributed by atoms with Crippen LogP contribution in [0.3, 0.4) is 0 Å². The number of aromatic amines is 1. The van der Waals surface area contributed by atoms with Crippen LogP contribution in [0.5, 0.6) is 0 Å². The second kappa shape index (κ2) is 7.60. The normalized spacial score (nSPS) is 25.0. The predicted octanol–water partition coefficient (Wildman–Crippen LogP) is -0.492. The van der Waals surface area contributed by atoms with Gasteiger partial charge in [0.05, 0.1) is 17.2 Å². The van der Waals surface area contributed by atoms with E-state index < -0.39 is 41.8 Å². The number of H-pyrrole nitrogens is 1. The van der Waals surface area contributed by atoms with Crippen LogP contribution < -0.4 is 11.2 Å². The summed E-state index contributed by atoms with van der Waals surface area (Å²) < 4.78 is 11.5. The number of hydrogen-bond acceptors (Lipinski definition) is 7. The molecule has 3 N–H and O–H groups in total. The van der Waals surface area contributed by atoms with Crippen molar-refractivity contribution < 1.29 is 24.5 Å². The molecule has 4 atom stereocenters. The van der Waals surface area contributed by atoms with E-state index in [1.54, 1.807) is 0 Å². The molecule has 2 heterocycles. The van der Waals surface area contributed by atoms with E-state index in [2.05, 4.69) is 20.9 Å². The quantitative estimate of drug-likeness (QED) is 0.562. The van der Waals surface area contributed by atoms with Crippen molar-refractivity contribution in [2.45, 2.75) is 44.8 Å². The number of hydrogen-bond donors (Lipinski definition) is 3. The molecule has 1 unspecified atom stereocenters. The Morgan fingerprint density at radius 2 is 2.21 bits per heavy atom. The molecule has 1 aliphatic heterocycles. The molecule has 24 heavy (non-hydrogen) atoms. The van der Waals surface area contributed by atoms with E-state index in [0.29, 0.717) is 0 Å². The van der Waals surface area contributed by atoms with Gasteiger partial charge in [-0.25, -0.2) is 9.59 Å². The number of carbonyl (C=O) groups is 1. The average Bonchev–Trinajstić information content (AvgIpc) is 2.89. The number of aliphatic hydroxyl groups excluding tert-OH is 2. The average molecular weight is 407 g/mol. The molecule has 1 saturated heterocycles. The molecular formula is C14H19BrN2O7. The Balaban J connectivity index is 2.12. The molecule has 134 valence electrons. The smallest absolute Gasteiger partial charge is 0.337 e. The summed E-state index contributed by atoms with van der Waals surface area (Å²) in [6.07, 6.45) is -3.81. The third-order valence-corrected chi connectivity index (χ3v) is 4.05. The van der Waals surface area contributed by atoms with E-state index >= 15 is 0 Å². The number of ether oxygens (including phenoxy) is 2. The van der Waals surface area contributed by atoms with Crippen LogP contribution in [0.15, 0.2) is 20.3 Å². The summed E-state index contributed by atoms with van der Waals surface area (Å²) in [5, 5.41) is 20.1. The fraction of sp³-hybridized carbons (Fsp3) is 0.643. The maximum absolute atomic E-state index is 11.8. The molecular weight excluding hydrogens is 388 g/mol. The SMILES string of the molecule is CC(C)COC(=O)C(O)[C@@H]1O[C@@H](n2cc(Br)c(=O)[nH]c2=O)C[C@@H]1O. The summed E-state index contributed by atoms with van der Waals surface area (Å²) in [7, 11) is 0. The highest BCUT2D eigenvalue weighted by molar-refractivity contribution is 9.10. The summed E-state index contributed by atoms with van der Waals surface area (Å²) in [4.78, 5) is 37.1. The van der Waals surface area contributed by atoms with Gasteiger partial charge in [0.15, 0.2) is 6.10 Å². The monoisotopic (exact) mass is 406 g/mol.